The Morgan fingerprint density at radius 1 is 1.03 bits per heavy atom. The van der Waals surface area contributed by atoms with Crippen molar-refractivity contribution in [3.8, 4) is 0 Å². The lowest BCUT2D eigenvalue weighted by Gasteiger charge is -2.33. The van der Waals surface area contributed by atoms with Crippen molar-refractivity contribution in [2.24, 2.45) is 0 Å². The zero-order valence-corrected chi connectivity index (χ0v) is 19.0. The molecule has 0 bridgehead atoms. The molecule has 1 amide bonds. The van der Waals surface area contributed by atoms with Gasteiger partial charge in [-0.05, 0) is 55.4 Å². The molecule has 31 heavy (non-hydrogen) atoms. The van der Waals surface area contributed by atoms with Gasteiger partial charge in [-0.2, -0.15) is 0 Å². The number of fused-ring (bicyclic) bond motifs is 1. The van der Waals surface area contributed by atoms with Gasteiger partial charge >= 0.3 is 0 Å². The fraction of sp³-hybridized carbons (Fsp3) is 0.417. The van der Waals surface area contributed by atoms with Crippen molar-refractivity contribution in [1.29, 1.82) is 0 Å². The number of nitrogens with one attached hydrogen (secondary N) is 1. The molecule has 1 saturated heterocycles. The summed E-state index contributed by atoms with van der Waals surface area (Å²) < 4.78 is 2.33. The molecule has 0 spiro atoms. The van der Waals surface area contributed by atoms with Crippen LogP contribution in [-0.2, 0) is 13.1 Å². The number of hydrogen-bond donors (Lipinski definition) is 1. The Balaban J connectivity index is 1.53. The molecule has 0 aliphatic carbocycles. The topological polar surface area (TPSA) is 53.4 Å². The fourth-order valence-corrected chi connectivity index (χ4v) is 4.25. The highest BCUT2D eigenvalue weighted by Crippen LogP contribution is 2.23. The van der Waals surface area contributed by atoms with E-state index in [4.69, 9.17) is 16.6 Å². The maximum absolute atomic E-state index is 12.6. The van der Waals surface area contributed by atoms with Crippen molar-refractivity contribution in [2.75, 3.05) is 38.0 Å². The van der Waals surface area contributed by atoms with E-state index in [0.717, 1.165) is 74.8 Å². The lowest BCUT2D eigenvalue weighted by molar-refractivity contribution is 0.102. The maximum atomic E-state index is 12.6. The summed E-state index contributed by atoms with van der Waals surface area (Å²) in [5.41, 5.74) is 3.36. The number of imidazole rings is 1. The van der Waals surface area contributed by atoms with Gasteiger partial charge in [-0.1, -0.05) is 25.4 Å². The highest BCUT2D eigenvalue weighted by Gasteiger charge is 2.19. The van der Waals surface area contributed by atoms with E-state index in [9.17, 15) is 4.79 Å². The van der Waals surface area contributed by atoms with E-state index in [1.165, 1.54) is 0 Å². The van der Waals surface area contributed by atoms with Crippen LogP contribution in [0.3, 0.4) is 0 Å². The molecule has 0 radical (unpaired) electrons. The van der Waals surface area contributed by atoms with Crippen LogP contribution in [0.5, 0.6) is 0 Å². The second kappa shape index (κ2) is 9.81. The number of hydrogen-bond acceptors (Lipinski definition) is 4. The maximum Gasteiger partial charge on any atom is 0.255 e. The fourth-order valence-electron chi connectivity index (χ4n) is 4.12. The third-order valence-corrected chi connectivity index (χ3v) is 6.17. The van der Waals surface area contributed by atoms with Crippen molar-refractivity contribution >= 4 is 34.2 Å². The monoisotopic (exact) mass is 439 g/mol. The lowest BCUT2D eigenvalue weighted by Crippen LogP contribution is -2.45. The zero-order chi connectivity index (χ0) is 21.8. The molecule has 0 saturated carbocycles. The number of nitrogens with zero attached hydrogens (tertiary/aromatic N) is 4. The number of piperazine rings is 1. The Labute approximate surface area is 188 Å². The van der Waals surface area contributed by atoms with Crippen LogP contribution in [0.15, 0.2) is 42.5 Å². The van der Waals surface area contributed by atoms with Crippen LogP contribution in [0.4, 0.5) is 5.69 Å². The number of rotatable bonds is 7. The number of aromatic nitrogens is 2. The minimum absolute atomic E-state index is 0.155. The van der Waals surface area contributed by atoms with Crippen molar-refractivity contribution in [1.82, 2.24) is 19.4 Å². The van der Waals surface area contributed by atoms with Crippen molar-refractivity contribution in [3.63, 3.8) is 0 Å². The number of benzene rings is 2. The second-order valence-corrected chi connectivity index (χ2v) is 8.49. The van der Waals surface area contributed by atoms with Crippen molar-refractivity contribution < 1.29 is 4.79 Å². The van der Waals surface area contributed by atoms with Gasteiger partial charge in [0.2, 0.25) is 0 Å². The molecular formula is C24H30ClN5O. The van der Waals surface area contributed by atoms with E-state index in [1.54, 1.807) is 24.3 Å². The molecule has 1 N–H and O–H groups in total. The van der Waals surface area contributed by atoms with Gasteiger partial charge in [0, 0.05) is 49.0 Å². The van der Waals surface area contributed by atoms with Crippen LogP contribution in [0.25, 0.3) is 11.0 Å². The number of likely N-dealkylation sites (N-methyl/N-ethyl adjacent to an activating group) is 1. The minimum Gasteiger partial charge on any atom is -0.327 e. The summed E-state index contributed by atoms with van der Waals surface area (Å²) in [6.07, 6.45) is 1.05. The summed E-state index contributed by atoms with van der Waals surface area (Å²) in [6, 6.07) is 12.9. The average Bonchev–Trinajstić information content (AvgIpc) is 3.11. The molecule has 2 heterocycles. The van der Waals surface area contributed by atoms with Gasteiger partial charge in [-0.3, -0.25) is 9.69 Å². The molecule has 0 atom stereocenters. The lowest BCUT2D eigenvalue weighted by atomic mass is 10.2. The number of aryl methyl sites for hydroxylation is 1. The molecule has 7 heteroatoms. The highest BCUT2D eigenvalue weighted by molar-refractivity contribution is 6.30. The number of halogens is 1. The first-order valence-corrected chi connectivity index (χ1v) is 11.5. The van der Waals surface area contributed by atoms with Gasteiger partial charge in [0.05, 0.1) is 17.6 Å². The largest absolute Gasteiger partial charge is 0.327 e. The molecule has 3 aromatic rings. The first kappa shape index (κ1) is 21.8. The van der Waals surface area contributed by atoms with E-state index < -0.39 is 0 Å². The van der Waals surface area contributed by atoms with Gasteiger partial charge in [-0.15, -0.1) is 0 Å². The van der Waals surface area contributed by atoms with Crippen LogP contribution in [0, 0.1) is 0 Å². The Hall–Kier alpha value is -2.41. The third kappa shape index (κ3) is 5.09. The van der Waals surface area contributed by atoms with E-state index >= 15 is 0 Å². The van der Waals surface area contributed by atoms with Crippen molar-refractivity contribution in [3.05, 3.63) is 58.9 Å². The quantitative estimate of drug-likeness (QED) is 0.589. The highest BCUT2D eigenvalue weighted by atomic mass is 35.5. The normalized spacial score (nSPS) is 15.5. The number of carbonyl (C=O) groups is 1. The summed E-state index contributed by atoms with van der Waals surface area (Å²) >= 11 is 5.92. The van der Waals surface area contributed by atoms with Crippen LogP contribution in [0.2, 0.25) is 5.02 Å². The van der Waals surface area contributed by atoms with Crippen LogP contribution in [-0.4, -0.2) is 58.0 Å². The summed E-state index contributed by atoms with van der Waals surface area (Å²) in [6.45, 7) is 11.7. The van der Waals surface area contributed by atoms with E-state index in [2.05, 4.69) is 39.6 Å². The predicted octanol–water partition coefficient (Wildman–Crippen LogP) is 4.49. The molecule has 1 aromatic heterocycles. The average molecular weight is 440 g/mol. The van der Waals surface area contributed by atoms with Gasteiger partial charge in [0.15, 0.2) is 0 Å². The molecule has 164 valence electrons. The summed E-state index contributed by atoms with van der Waals surface area (Å²) in [5.74, 6) is 0.945. The summed E-state index contributed by atoms with van der Waals surface area (Å²) in [4.78, 5) is 22.5. The molecule has 0 unspecified atom stereocenters. The molecular weight excluding hydrogens is 410 g/mol. The SMILES string of the molecule is CCCn1c(CN2CCN(CC)CC2)nc2cc(NC(=O)c3ccc(Cl)cc3)ccc21. The first-order chi connectivity index (χ1) is 15.1. The zero-order valence-electron chi connectivity index (χ0n) is 18.3. The van der Waals surface area contributed by atoms with Crippen LogP contribution < -0.4 is 5.32 Å². The number of anilines is 1. The van der Waals surface area contributed by atoms with E-state index in [-0.39, 0.29) is 5.91 Å². The molecule has 4 rings (SSSR count). The Kier molecular flexibility index (Phi) is 6.90. The van der Waals surface area contributed by atoms with Gasteiger partial charge in [0.1, 0.15) is 5.82 Å². The summed E-state index contributed by atoms with van der Waals surface area (Å²) in [5, 5.41) is 3.59. The Morgan fingerprint density at radius 3 is 2.42 bits per heavy atom. The van der Waals surface area contributed by atoms with Crippen molar-refractivity contribution in [2.45, 2.75) is 33.4 Å². The smallest absolute Gasteiger partial charge is 0.255 e. The van der Waals surface area contributed by atoms with E-state index in [1.807, 2.05) is 12.1 Å². The standard InChI is InChI=1S/C24H30ClN5O/c1-3-11-30-22-10-9-20(26-24(31)18-5-7-19(25)8-6-18)16-21(22)27-23(30)17-29-14-12-28(4-2)13-15-29/h5-10,16H,3-4,11-15,17H2,1-2H3,(H,26,31). The summed E-state index contributed by atoms with van der Waals surface area (Å²) in [7, 11) is 0. The van der Waals surface area contributed by atoms with E-state index in [0.29, 0.717) is 10.6 Å². The molecule has 2 aromatic carbocycles. The van der Waals surface area contributed by atoms with Crippen LogP contribution >= 0.6 is 11.6 Å². The predicted molar refractivity (Wildman–Crippen MR) is 127 cm³/mol. The number of carbonyl (C=O) groups excluding carboxylic acids is 1. The van der Waals surface area contributed by atoms with Gasteiger partial charge in [0.25, 0.3) is 5.91 Å². The Morgan fingerprint density at radius 2 is 1.74 bits per heavy atom. The molecule has 6 nitrogen and oxygen atoms in total. The molecule has 1 aliphatic rings. The molecule has 1 fully saturated rings. The first-order valence-electron chi connectivity index (χ1n) is 11.1. The second-order valence-electron chi connectivity index (χ2n) is 8.05. The third-order valence-electron chi connectivity index (χ3n) is 5.92. The minimum atomic E-state index is -0.155. The number of amides is 1. The van der Waals surface area contributed by atoms with Crippen LogP contribution in [0.1, 0.15) is 36.5 Å². The molecule has 1 aliphatic heterocycles. The van der Waals surface area contributed by atoms with Gasteiger partial charge < -0.3 is 14.8 Å². The Bertz CT molecular complexity index is 1040. The van der Waals surface area contributed by atoms with Gasteiger partial charge in [-0.25, -0.2) is 4.98 Å².